The fourth-order valence-electron chi connectivity index (χ4n) is 3.00. The molecule has 1 saturated carbocycles. The highest BCUT2D eigenvalue weighted by Gasteiger charge is 2.19. The van der Waals surface area contributed by atoms with Crippen molar-refractivity contribution in [2.24, 2.45) is 0 Å². The predicted molar refractivity (Wildman–Crippen MR) is 97.5 cm³/mol. The average Bonchev–Trinajstić information content (AvgIpc) is 3.23. The van der Waals surface area contributed by atoms with Crippen LogP contribution in [0.25, 0.3) is 11.8 Å². The molecule has 0 bridgehead atoms. The molecule has 1 amide bonds. The van der Waals surface area contributed by atoms with Crippen LogP contribution in [0.5, 0.6) is 0 Å². The molecule has 0 unspecified atom stereocenters. The maximum absolute atomic E-state index is 12.3. The van der Waals surface area contributed by atoms with Gasteiger partial charge in [-0.15, -0.1) is 0 Å². The van der Waals surface area contributed by atoms with Crippen molar-refractivity contribution in [1.29, 1.82) is 5.26 Å². The molecule has 5 heteroatoms. The Labute approximate surface area is 149 Å². The maximum Gasteiger partial charge on any atom is 0.262 e. The van der Waals surface area contributed by atoms with E-state index >= 15 is 0 Å². The standard InChI is InChI=1S/C19H18BrN3O/c20-15-5-3-8-18(12-15)23-10-4-9-17(23)11-14(13-21)19(24)22-16-6-1-2-7-16/h3-5,8-12,16H,1-2,6-7H2,(H,22,24)/b14-11-. The van der Waals surface area contributed by atoms with Gasteiger partial charge >= 0.3 is 0 Å². The third-order valence-corrected chi connectivity index (χ3v) is 4.71. The summed E-state index contributed by atoms with van der Waals surface area (Å²) in [4.78, 5) is 12.3. The third kappa shape index (κ3) is 3.77. The van der Waals surface area contributed by atoms with Crippen LogP contribution in [0.2, 0.25) is 0 Å². The Balaban J connectivity index is 1.85. The second-order valence-corrected chi connectivity index (χ2v) is 6.82. The van der Waals surface area contributed by atoms with E-state index in [1.165, 1.54) is 0 Å². The second-order valence-electron chi connectivity index (χ2n) is 5.91. The Morgan fingerprint density at radius 3 is 2.79 bits per heavy atom. The van der Waals surface area contributed by atoms with Crippen LogP contribution in [0.15, 0.2) is 52.6 Å². The summed E-state index contributed by atoms with van der Waals surface area (Å²) in [6.45, 7) is 0. The van der Waals surface area contributed by atoms with E-state index in [1.54, 1.807) is 6.08 Å². The van der Waals surface area contributed by atoms with Gasteiger partial charge in [0.25, 0.3) is 5.91 Å². The van der Waals surface area contributed by atoms with Crippen molar-refractivity contribution >= 4 is 27.9 Å². The van der Waals surface area contributed by atoms with Gasteiger partial charge in [-0.05, 0) is 49.2 Å². The minimum absolute atomic E-state index is 0.136. The normalized spacial score (nSPS) is 15.2. The van der Waals surface area contributed by atoms with E-state index in [1.807, 2.05) is 53.2 Å². The molecule has 1 fully saturated rings. The van der Waals surface area contributed by atoms with Crippen LogP contribution in [0.3, 0.4) is 0 Å². The first-order valence-corrected chi connectivity index (χ1v) is 8.82. The quantitative estimate of drug-likeness (QED) is 0.634. The molecular weight excluding hydrogens is 366 g/mol. The van der Waals surface area contributed by atoms with Crippen LogP contribution in [-0.2, 0) is 4.79 Å². The Morgan fingerprint density at radius 1 is 1.29 bits per heavy atom. The third-order valence-electron chi connectivity index (χ3n) is 4.21. The van der Waals surface area contributed by atoms with Crippen molar-refractivity contribution in [1.82, 2.24) is 9.88 Å². The Bertz CT molecular complexity index is 810. The van der Waals surface area contributed by atoms with Crippen LogP contribution in [0, 0.1) is 11.3 Å². The summed E-state index contributed by atoms with van der Waals surface area (Å²) in [5.41, 5.74) is 1.90. The van der Waals surface area contributed by atoms with Crippen molar-refractivity contribution in [3.8, 4) is 11.8 Å². The van der Waals surface area contributed by atoms with Crippen LogP contribution < -0.4 is 5.32 Å². The summed E-state index contributed by atoms with van der Waals surface area (Å²) in [5, 5.41) is 12.3. The molecule has 0 atom stereocenters. The van der Waals surface area contributed by atoms with E-state index in [4.69, 9.17) is 0 Å². The lowest BCUT2D eigenvalue weighted by molar-refractivity contribution is -0.117. The minimum atomic E-state index is -0.286. The summed E-state index contributed by atoms with van der Waals surface area (Å²) >= 11 is 3.46. The van der Waals surface area contributed by atoms with Crippen molar-refractivity contribution in [2.75, 3.05) is 0 Å². The van der Waals surface area contributed by atoms with Gasteiger partial charge in [-0.1, -0.05) is 34.8 Å². The van der Waals surface area contributed by atoms with Gasteiger partial charge in [0.2, 0.25) is 0 Å². The molecule has 1 aliphatic carbocycles. The zero-order valence-corrected chi connectivity index (χ0v) is 14.8. The van der Waals surface area contributed by atoms with Gasteiger partial charge in [0.15, 0.2) is 0 Å². The smallest absolute Gasteiger partial charge is 0.262 e. The Kier molecular flexibility index (Phi) is 5.17. The van der Waals surface area contributed by atoms with Gasteiger partial charge in [0.05, 0.1) is 0 Å². The Morgan fingerprint density at radius 2 is 2.08 bits per heavy atom. The first-order valence-electron chi connectivity index (χ1n) is 8.03. The van der Waals surface area contributed by atoms with Gasteiger partial charge in [-0.3, -0.25) is 4.79 Å². The summed E-state index contributed by atoms with van der Waals surface area (Å²) in [7, 11) is 0. The number of nitriles is 1. The molecule has 2 aromatic rings. The average molecular weight is 384 g/mol. The van der Waals surface area contributed by atoms with Gasteiger partial charge in [0.1, 0.15) is 11.6 Å². The zero-order valence-electron chi connectivity index (χ0n) is 13.2. The van der Waals surface area contributed by atoms with Gasteiger partial charge in [-0.25, -0.2) is 0 Å². The fourth-order valence-corrected chi connectivity index (χ4v) is 3.39. The van der Waals surface area contributed by atoms with E-state index < -0.39 is 0 Å². The first-order chi connectivity index (χ1) is 11.7. The van der Waals surface area contributed by atoms with E-state index in [-0.39, 0.29) is 17.5 Å². The van der Waals surface area contributed by atoms with Crippen LogP contribution in [-0.4, -0.2) is 16.5 Å². The number of hydrogen-bond acceptors (Lipinski definition) is 2. The van der Waals surface area contributed by atoms with E-state index in [2.05, 4.69) is 21.2 Å². The van der Waals surface area contributed by atoms with Crippen LogP contribution in [0.4, 0.5) is 0 Å². The molecule has 0 saturated heterocycles. The zero-order chi connectivity index (χ0) is 16.9. The number of benzene rings is 1. The molecule has 1 aromatic carbocycles. The fraction of sp³-hybridized carbons (Fsp3) is 0.263. The highest BCUT2D eigenvalue weighted by Crippen LogP contribution is 2.20. The van der Waals surface area contributed by atoms with Crippen LogP contribution in [0.1, 0.15) is 31.4 Å². The molecule has 0 spiro atoms. The molecule has 24 heavy (non-hydrogen) atoms. The molecule has 0 radical (unpaired) electrons. The SMILES string of the molecule is N#C/C(=C/c1cccn1-c1cccc(Br)c1)C(=O)NC1CCCC1. The molecule has 1 aromatic heterocycles. The molecule has 1 aliphatic rings. The molecule has 3 rings (SSSR count). The number of hydrogen-bond donors (Lipinski definition) is 1. The number of carbonyl (C=O) groups excluding carboxylic acids is 1. The molecule has 1 heterocycles. The lowest BCUT2D eigenvalue weighted by Crippen LogP contribution is -2.33. The van der Waals surface area contributed by atoms with Gasteiger partial charge < -0.3 is 9.88 Å². The number of amides is 1. The molecule has 1 N–H and O–H groups in total. The number of nitrogens with zero attached hydrogens (tertiary/aromatic N) is 2. The van der Waals surface area contributed by atoms with E-state index in [9.17, 15) is 10.1 Å². The second kappa shape index (κ2) is 7.50. The lowest BCUT2D eigenvalue weighted by atomic mass is 10.2. The summed E-state index contributed by atoms with van der Waals surface area (Å²) in [6, 6.07) is 13.9. The first kappa shape index (κ1) is 16.5. The van der Waals surface area contributed by atoms with Crippen molar-refractivity contribution < 1.29 is 4.79 Å². The largest absolute Gasteiger partial charge is 0.349 e. The number of carbonyl (C=O) groups is 1. The topological polar surface area (TPSA) is 57.8 Å². The lowest BCUT2D eigenvalue weighted by Gasteiger charge is -2.11. The van der Waals surface area contributed by atoms with E-state index in [0.29, 0.717) is 0 Å². The summed E-state index contributed by atoms with van der Waals surface area (Å²) < 4.78 is 2.92. The van der Waals surface area contributed by atoms with Crippen LogP contribution >= 0.6 is 15.9 Å². The molecule has 122 valence electrons. The highest BCUT2D eigenvalue weighted by molar-refractivity contribution is 9.10. The summed E-state index contributed by atoms with van der Waals surface area (Å²) in [6.07, 6.45) is 7.84. The Hall–Kier alpha value is -2.32. The molecular formula is C19H18BrN3O. The maximum atomic E-state index is 12.3. The van der Waals surface area contributed by atoms with Gasteiger partial charge in [0, 0.05) is 28.1 Å². The van der Waals surface area contributed by atoms with E-state index in [0.717, 1.165) is 41.5 Å². The number of aromatic nitrogens is 1. The number of nitrogens with one attached hydrogen (secondary N) is 1. The number of halogens is 1. The summed E-state index contributed by atoms with van der Waals surface area (Å²) in [5.74, 6) is -0.286. The van der Waals surface area contributed by atoms with Gasteiger partial charge in [-0.2, -0.15) is 5.26 Å². The van der Waals surface area contributed by atoms with Crippen molar-refractivity contribution in [2.45, 2.75) is 31.7 Å². The predicted octanol–water partition coefficient (Wildman–Crippen LogP) is 4.21. The highest BCUT2D eigenvalue weighted by atomic mass is 79.9. The molecule has 0 aliphatic heterocycles. The number of rotatable bonds is 4. The monoisotopic (exact) mass is 383 g/mol. The molecule has 4 nitrogen and oxygen atoms in total. The van der Waals surface area contributed by atoms with Crippen molar-refractivity contribution in [3.05, 3.63) is 58.3 Å². The van der Waals surface area contributed by atoms with Crippen molar-refractivity contribution in [3.63, 3.8) is 0 Å². The minimum Gasteiger partial charge on any atom is -0.349 e.